The zero-order valence-corrected chi connectivity index (χ0v) is 7.35. The summed E-state index contributed by atoms with van der Waals surface area (Å²) in [7, 11) is 0. The molecule has 0 radical (unpaired) electrons. The van der Waals surface area contributed by atoms with E-state index in [4.69, 9.17) is 22.6 Å². The third-order valence-corrected chi connectivity index (χ3v) is 1.77. The van der Waals surface area contributed by atoms with Crippen molar-refractivity contribution in [3.05, 3.63) is 40.7 Å². The number of nitrogens with zero attached hydrogens (tertiary/aromatic N) is 1. The Morgan fingerprint density at radius 1 is 1.62 bits per heavy atom. The molecule has 1 aromatic carbocycles. The Balaban J connectivity index is 3.18. The first-order valence-corrected chi connectivity index (χ1v) is 3.83. The Bertz CT molecular complexity index is 393. The predicted octanol–water partition coefficient (Wildman–Crippen LogP) is 2.30. The summed E-state index contributed by atoms with van der Waals surface area (Å²) in [4.78, 5) is 0. The molecule has 0 bridgehead atoms. The topological polar surface area (TPSA) is 49.8 Å². The van der Waals surface area contributed by atoms with Gasteiger partial charge >= 0.3 is 0 Å². The van der Waals surface area contributed by atoms with Crippen LogP contribution in [-0.2, 0) is 0 Å². The van der Waals surface area contributed by atoms with Gasteiger partial charge in [0.1, 0.15) is 5.82 Å². The lowest BCUT2D eigenvalue weighted by Gasteiger charge is -2.02. The number of nitrogens with two attached hydrogens (primary N) is 1. The number of allylic oxidation sites excluding steroid dienone is 1. The van der Waals surface area contributed by atoms with E-state index in [0.29, 0.717) is 5.56 Å². The fourth-order valence-corrected chi connectivity index (χ4v) is 1.15. The lowest BCUT2D eigenvalue weighted by molar-refractivity contribution is 0.628. The second kappa shape index (κ2) is 3.92. The normalized spacial score (nSPS) is 11.0. The lowest BCUT2D eigenvalue weighted by Crippen LogP contribution is -1.96. The Morgan fingerprint density at radius 3 is 2.85 bits per heavy atom. The van der Waals surface area contributed by atoms with Gasteiger partial charge in [0.25, 0.3) is 0 Å². The van der Waals surface area contributed by atoms with Gasteiger partial charge in [-0.25, -0.2) is 4.39 Å². The number of rotatable bonds is 1. The molecule has 0 heterocycles. The summed E-state index contributed by atoms with van der Waals surface area (Å²) in [6, 6.07) is 5.58. The number of halogens is 2. The molecule has 0 aromatic heterocycles. The summed E-state index contributed by atoms with van der Waals surface area (Å²) in [6.07, 6.45) is 1.15. The molecule has 0 amide bonds. The van der Waals surface area contributed by atoms with Crippen LogP contribution in [0.5, 0.6) is 0 Å². The second-order valence-corrected chi connectivity index (χ2v) is 2.76. The number of hydrogen-bond donors (Lipinski definition) is 1. The van der Waals surface area contributed by atoms with Gasteiger partial charge in [0.2, 0.25) is 0 Å². The molecule has 0 aliphatic carbocycles. The average Bonchev–Trinajstić information content (AvgIpc) is 2.04. The van der Waals surface area contributed by atoms with Crippen LogP contribution in [0.4, 0.5) is 4.39 Å². The molecule has 2 nitrogen and oxygen atoms in total. The molecule has 66 valence electrons. The fourth-order valence-electron chi connectivity index (χ4n) is 0.871. The number of nitriles is 1. The highest BCUT2D eigenvalue weighted by Crippen LogP contribution is 2.21. The zero-order chi connectivity index (χ0) is 9.84. The minimum atomic E-state index is -0.432. The lowest BCUT2D eigenvalue weighted by atomic mass is 10.1. The summed E-state index contributed by atoms with van der Waals surface area (Å²) in [5.41, 5.74) is 6.18. The highest BCUT2D eigenvalue weighted by molar-refractivity contribution is 6.32. The van der Waals surface area contributed by atoms with Crippen molar-refractivity contribution in [1.82, 2.24) is 0 Å². The van der Waals surface area contributed by atoms with Gasteiger partial charge in [-0.3, -0.25) is 0 Å². The first kappa shape index (κ1) is 9.56. The smallest absolute Gasteiger partial charge is 0.124 e. The molecular formula is C9H6ClFN2. The maximum Gasteiger partial charge on any atom is 0.124 e. The molecule has 13 heavy (non-hydrogen) atoms. The first-order valence-electron chi connectivity index (χ1n) is 3.46. The number of benzene rings is 1. The van der Waals surface area contributed by atoms with Crippen molar-refractivity contribution < 1.29 is 4.39 Å². The van der Waals surface area contributed by atoms with Gasteiger partial charge in [0.15, 0.2) is 0 Å². The fraction of sp³-hybridized carbons (Fsp3) is 0. The summed E-state index contributed by atoms with van der Waals surface area (Å²) in [5.74, 6) is -0.432. The molecule has 1 rings (SSSR count). The van der Waals surface area contributed by atoms with E-state index in [2.05, 4.69) is 0 Å². The van der Waals surface area contributed by atoms with Gasteiger partial charge < -0.3 is 5.73 Å². The van der Waals surface area contributed by atoms with Crippen LogP contribution >= 0.6 is 11.6 Å². The van der Waals surface area contributed by atoms with Crippen LogP contribution in [0, 0.1) is 17.1 Å². The van der Waals surface area contributed by atoms with Crippen LogP contribution in [0.25, 0.3) is 5.70 Å². The Hall–Kier alpha value is -1.53. The van der Waals surface area contributed by atoms with Crippen LogP contribution in [0.2, 0.25) is 5.02 Å². The van der Waals surface area contributed by atoms with E-state index >= 15 is 0 Å². The van der Waals surface area contributed by atoms with Crippen LogP contribution < -0.4 is 5.73 Å². The van der Waals surface area contributed by atoms with E-state index in [1.54, 1.807) is 6.07 Å². The third-order valence-electron chi connectivity index (χ3n) is 1.46. The van der Waals surface area contributed by atoms with Gasteiger partial charge in [-0.1, -0.05) is 11.6 Å². The first-order chi connectivity index (χ1) is 6.15. The molecule has 4 heteroatoms. The molecule has 0 atom stereocenters. The minimum Gasteiger partial charge on any atom is -0.398 e. The maximum absolute atomic E-state index is 12.6. The van der Waals surface area contributed by atoms with Crippen LogP contribution in [0.3, 0.4) is 0 Å². The molecule has 0 fully saturated rings. The highest BCUT2D eigenvalue weighted by atomic mass is 35.5. The molecule has 0 saturated heterocycles. The Kier molecular flexibility index (Phi) is 2.88. The van der Waals surface area contributed by atoms with E-state index in [1.807, 2.05) is 0 Å². The van der Waals surface area contributed by atoms with Gasteiger partial charge in [-0.05, 0) is 18.2 Å². The van der Waals surface area contributed by atoms with Crippen molar-refractivity contribution in [3.8, 4) is 6.07 Å². The molecule has 0 saturated carbocycles. The maximum atomic E-state index is 12.6. The predicted molar refractivity (Wildman–Crippen MR) is 49.2 cm³/mol. The van der Waals surface area contributed by atoms with Crippen molar-refractivity contribution in [2.24, 2.45) is 5.73 Å². The Labute approximate surface area is 80.0 Å². The molecular weight excluding hydrogens is 191 g/mol. The van der Waals surface area contributed by atoms with Crippen molar-refractivity contribution in [2.75, 3.05) is 0 Å². The SMILES string of the molecule is N#C/C=C(/N)c1ccc(F)cc1Cl. The van der Waals surface area contributed by atoms with Crippen molar-refractivity contribution in [1.29, 1.82) is 5.26 Å². The van der Waals surface area contributed by atoms with E-state index in [0.717, 1.165) is 12.1 Å². The molecule has 2 N–H and O–H groups in total. The van der Waals surface area contributed by atoms with Crippen molar-refractivity contribution in [3.63, 3.8) is 0 Å². The highest BCUT2D eigenvalue weighted by Gasteiger charge is 2.03. The second-order valence-electron chi connectivity index (χ2n) is 2.35. The van der Waals surface area contributed by atoms with Crippen LogP contribution in [0.1, 0.15) is 5.56 Å². The molecule has 0 unspecified atom stereocenters. The molecule has 0 spiro atoms. The summed E-state index contributed by atoms with van der Waals surface area (Å²) in [5, 5.41) is 8.52. The van der Waals surface area contributed by atoms with E-state index < -0.39 is 5.82 Å². The zero-order valence-electron chi connectivity index (χ0n) is 6.59. The number of hydrogen-bond acceptors (Lipinski definition) is 2. The van der Waals surface area contributed by atoms with Crippen LogP contribution in [0.15, 0.2) is 24.3 Å². The molecule has 0 aliphatic rings. The largest absolute Gasteiger partial charge is 0.398 e. The van der Waals surface area contributed by atoms with E-state index in [9.17, 15) is 4.39 Å². The summed E-state index contributed by atoms with van der Waals surface area (Å²) in [6.45, 7) is 0. The standard InChI is InChI=1S/C9H6ClFN2/c10-8-5-6(11)1-2-7(8)9(13)3-4-12/h1-3,5H,13H2/b9-3+. The van der Waals surface area contributed by atoms with Crippen molar-refractivity contribution >= 4 is 17.3 Å². The van der Waals surface area contributed by atoms with Gasteiger partial charge in [-0.15, -0.1) is 0 Å². The van der Waals surface area contributed by atoms with E-state index in [-0.39, 0.29) is 10.7 Å². The Morgan fingerprint density at radius 2 is 2.31 bits per heavy atom. The van der Waals surface area contributed by atoms with Crippen LogP contribution in [-0.4, -0.2) is 0 Å². The summed E-state index contributed by atoms with van der Waals surface area (Å²) >= 11 is 5.69. The van der Waals surface area contributed by atoms with E-state index in [1.165, 1.54) is 12.1 Å². The van der Waals surface area contributed by atoms with Gasteiger partial charge in [-0.2, -0.15) is 5.26 Å². The molecule has 1 aromatic rings. The average molecular weight is 197 g/mol. The quantitative estimate of drug-likeness (QED) is 0.701. The molecule has 0 aliphatic heterocycles. The third kappa shape index (κ3) is 2.20. The minimum absolute atomic E-state index is 0.198. The van der Waals surface area contributed by atoms with Gasteiger partial charge in [0, 0.05) is 11.6 Å². The van der Waals surface area contributed by atoms with Gasteiger partial charge in [0.05, 0.1) is 16.8 Å². The monoisotopic (exact) mass is 196 g/mol. The van der Waals surface area contributed by atoms with Crippen molar-refractivity contribution in [2.45, 2.75) is 0 Å². The summed E-state index contributed by atoms with van der Waals surface area (Å²) < 4.78 is 12.6.